The minimum atomic E-state index is 0.224. The number of aromatic nitrogens is 1. The maximum Gasteiger partial charge on any atom is 0.0795 e. The van der Waals surface area contributed by atoms with Gasteiger partial charge >= 0.3 is 0 Å². The largest absolute Gasteiger partial charge is 0.305 e. The third-order valence-electron chi connectivity index (χ3n) is 2.29. The van der Waals surface area contributed by atoms with Crippen molar-refractivity contribution in [3.63, 3.8) is 0 Å². The molecule has 3 heteroatoms. The second kappa shape index (κ2) is 5.05. The van der Waals surface area contributed by atoms with Crippen LogP contribution in [-0.4, -0.2) is 11.5 Å². The van der Waals surface area contributed by atoms with Gasteiger partial charge in [0.25, 0.3) is 0 Å². The summed E-state index contributed by atoms with van der Waals surface area (Å²) in [7, 11) is 0. The average Bonchev–Trinajstić information content (AvgIpc) is 2.80. The van der Waals surface area contributed by atoms with Crippen molar-refractivity contribution in [2.75, 3.05) is 6.54 Å². The summed E-state index contributed by atoms with van der Waals surface area (Å²) in [4.78, 5) is 4.37. The van der Waals surface area contributed by atoms with Gasteiger partial charge in [0.2, 0.25) is 0 Å². The Labute approximate surface area is 94.0 Å². The van der Waals surface area contributed by atoms with Crippen molar-refractivity contribution in [2.45, 2.75) is 13.0 Å². The summed E-state index contributed by atoms with van der Waals surface area (Å²) in [6.45, 7) is 3.05. The van der Waals surface area contributed by atoms with Crippen LogP contribution in [0.25, 0.3) is 0 Å². The van der Waals surface area contributed by atoms with E-state index in [1.54, 1.807) is 11.3 Å². The zero-order chi connectivity index (χ0) is 10.5. The molecule has 2 nitrogen and oxygen atoms in total. The predicted octanol–water partition coefficient (Wildman–Crippen LogP) is 2.84. The molecule has 0 saturated heterocycles. The molecule has 2 aromatic rings. The predicted molar refractivity (Wildman–Crippen MR) is 64.1 cm³/mol. The lowest BCUT2D eigenvalue weighted by Gasteiger charge is -2.15. The first kappa shape index (κ1) is 10.3. The Kier molecular flexibility index (Phi) is 3.48. The van der Waals surface area contributed by atoms with Crippen LogP contribution in [0.1, 0.15) is 24.2 Å². The fraction of sp³-hybridized carbons (Fsp3) is 0.250. The van der Waals surface area contributed by atoms with Crippen molar-refractivity contribution in [3.8, 4) is 0 Å². The van der Waals surface area contributed by atoms with E-state index >= 15 is 0 Å². The first-order valence-corrected chi connectivity index (χ1v) is 6.02. The molecule has 0 amide bonds. The van der Waals surface area contributed by atoms with Crippen LogP contribution in [0.3, 0.4) is 0 Å². The van der Waals surface area contributed by atoms with Gasteiger partial charge in [-0.1, -0.05) is 37.3 Å². The van der Waals surface area contributed by atoms with E-state index in [0.29, 0.717) is 0 Å². The summed E-state index contributed by atoms with van der Waals surface area (Å²) >= 11 is 1.64. The van der Waals surface area contributed by atoms with Crippen LogP contribution in [0.15, 0.2) is 41.2 Å². The third kappa shape index (κ3) is 2.43. The Balaban J connectivity index is 2.28. The first-order valence-electron chi connectivity index (χ1n) is 5.08. The van der Waals surface area contributed by atoms with E-state index in [0.717, 1.165) is 12.2 Å². The van der Waals surface area contributed by atoms with E-state index in [-0.39, 0.29) is 6.04 Å². The molecule has 0 saturated carbocycles. The van der Waals surface area contributed by atoms with E-state index in [9.17, 15) is 0 Å². The van der Waals surface area contributed by atoms with E-state index in [1.807, 2.05) is 11.6 Å². The van der Waals surface area contributed by atoms with E-state index in [2.05, 4.69) is 46.9 Å². The monoisotopic (exact) mass is 218 g/mol. The molecule has 0 aliphatic rings. The SMILES string of the molecule is CCNC(c1ccccc1)c1cscn1. The van der Waals surface area contributed by atoms with Crippen LogP contribution in [0.5, 0.6) is 0 Å². The van der Waals surface area contributed by atoms with Gasteiger partial charge < -0.3 is 5.32 Å². The smallest absolute Gasteiger partial charge is 0.0795 e. The molecule has 1 heterocycles. The molecule has 1 unspecified atom stereocenters. The number of benzene rings is 1. The Hall–Kier alpha value is -1.19. The summed E-state index contributed by atoms with van der Waals surface area (Å²) in [5.74, 6) is 0. The standard InChI is InChI=1S/C12H14N2S/c1-2-13-12(11-8-15-9-14-11)10-6-4-3-5-7-10/h3-9,12-13H,2H2,1H3. The molecule has 1 aromatic carbocycles. The molecule has 0 fully saturated rings. The third-order valence-corrected chi connectivity index (χ3v) is 2.89. The summed E-state index contributed by atoms with van der Waals surface area (Å²) in [6.07, 6.45) is 0. The maximum absolute atomic E-state index is 4.37. The normalized spacial score (nSPS) is 12.6. The van der Waals surface area contributed by atoms with Gasteiger partial charge in [-0.15, -0.1) is 11.3 Å². The van der Waals surface area contributed by atoms with Crippen LogP contribution < -0.4 is 5.32 Å². The Morgan fingerprint density at radius 1 is 1.33 bits per heavy atom. The minimum Gasteiger partial charge on any atom is -0.305 e. The molecule has 1 atom stereocenters. The molecule has 78 valence electrons. The van der Waals surface area contributed by atoms with Crippen molar-refractivity contribution in [1.82, 2.24) is 10.3 Å². The Bertz CT molecular complexity index is 383. The van der Waals surface area contributed by atoms with E-state index < -0.39 is 0 Å². The van der Waals surface area contributed by atoms with Gasteiger partial charge in [0.05, 0.1) is 17.2 Å². The molecule has 0 bridgehead atoms. The molecule has 1 aromatic heterocycles. The molecular formula is C12H14N2S. The van der Waals surface area contributed by atoms with Crippen molar-refractivity contribution >= 4 is 11.3 Å². The first-order chi connectivity index (χ1) is 7.42. The summed E-state index contributed by atoms with van der Waals surface area (Å²) < 4.78 is 0. The molecule has 0 aliphatic carbocycles. The van der Waals surface area contributed by atoms with Gasteiger partial charge in [-0.2, -0.15) is 0 Å². The van der Waals surface area contributed by atoms with Gasteiger partial charge in [0.1, 0.15) is 0 Å². The number of hydrogen-bond acceptors (Lipinski definition) is 3. The molecule has 15 heavy (non-hydrogen) atoms. The number of nitrogens with zero attached hydrogens (tertiary/aromatic N) is 1. The average molecular weight is 218 g/mol. The van der Waals surface area contributed by atoms with Crippen molar-refractivity contribution in [3.05, 3.63) is 52.5 Å². The summed E-state index contributed by atoms with van der Waals surface area (Å²) in [6, 6.07) is 10.6. The van der Waals surface area contributed by atoms with Gasteiger partial charge in [-0.3, -0.25) is 0 Å². The highest BCUT2D eigenvalue weighted by Crippen LogP contribution is 2.21. The van der Waals surface area contributed by atoms with Crippen LogP contribution in [-0.2, 0) is 0 Å². The number of hydrogen-bond donors (Lipinski definition) is 1. The van der Waals surface area contributed by atoms with Gasteiger partial charge in [-0.05, 0) is 12.1 Å². The minimum absolute atomic E-state index is 0.224. The van der Waals surface area contributed by atoms with Crippen LogP contribution >= 0.6 is 11.3 Å². The fourth-order valence-corrected chi connectivity index (χ4v) is 2.19. The zero-order valence-corrected chi connectivity index (χ0v) is 9.50. The van der Waals surface area contributed by atoms with Crippen molar-refractivity contribution < 1.29 is 0 Å². The van der Waals surface area contributed by atoms with E-state index in [1.165, 1.54) is 5.56 Å². The van der Waals surface area contributed by atoms with Crippen molar-refractivity contribution in [2.24, 2.45) is 0 Å². The molecule has 2 rings (SSSR count). The van der Waals surface area contributed by atoms with Crippen LogP contribution in [0.2, 0.25) is 0 Å². The van der Waals surface area contributed by atoms with Crippen LogP contribution in [0, 0.1) is 0 Å². The quantitative estimate of drug-likeness (QED) is 0.853. The number of nitrogens with one attached hydrogen (secondary N) is 1. The van der Waals surface area contributed by atoms with Gasteiger partial charge in [0.15, 0.2) is 0 Å². The highest BCUT2D eigenvalue weighted by Gasteiger charge is 2.13. The second-order valence-corrected chi connectivity index (χ2v) is 4.03. The van der Waals surface area contributed by atoms with Crippen molar-refractivity contribution in [1.29, 1.82) is 0 Å². The highest BCUT2D eigenvalue weighted by molar-refractivity contribution is 7.07. The van der Waals surface area contributed by atoms with Crippen LogP contribution in [0.4, 0.5) is 0 Å². The number of thiazole rings is 1. The molecule has 0 spiro atoms. The molecule has 0 aliphatic heterocycles. The lowest BCUT2D eigenvalue weighted by atomic mass is 10.0. The fourth-order valence-electron chi connectivity index (χ4n) is 1.61. The Morgan fingerprint density at radius 3 is 2.73 bits per heavy atom. The zero-order valence-electron chi connectivity index (χ0n) is 8.68. The van der Waals surface area contributed by atoms with Gasteiger partial charge in [0, 0.05) is 5.38 Å². The summed E-state index contributed by atoms with van der Waals surface area (Å²) in [5, 5.41) is 5.54. The molecule has 0 radical (unpaired) electrons. The second-order valence-electron chi connectivity index (χ2n) is 3.31. The molecule has 1 N–H and O–H groups in total. The van der Waals surface area contributed by atoms with Gasteiger partial charge in [-0.25, -0.2) is 4.98 Å². The lowest BCUT2D eigenvalue weighted by Crippen LogP contribution is -2.22. The maximum atomic E-state index is 4.37. The topological polar surface area (TPSA) is 24.9 Å². The lowest BCUT2D eigenvalue weighted by molar-refractivity contribution is 0.619. The molecular weight excluding hydrogens is 204 g/mol. The number of rotatable bonds is 4. The Morgan fingerprint density at radius 2 is 2.13 bits per heavy atom. The van der Waals surface area contributed by atoms with E-state index in [4.69, 9.17) is 0 Å². The summed E-state index contributed by atoms with van der Waals surface area (Å²) in [5.41, 5.74) is 4.25. The highest BCUT2D eigenvalue weighted by atomic mass is 32.1.